The molecule has 0 saturated carbocycles. The van der Waals surface area contributed by atoms with Gasteiger partial charge in [-0.25, -0.2) is 13.2 Å². The van der Waals surface area contributed by atoms with Crippen molar-refractivity contribution < 1.29 is 23.1 Å². The fourth-order valence-electron chi connectivity index (χ4n) is 1.85. The first kappa shape index (κ1) is 18.4. The molecule has 0 atom stereocenters. The van der Waals surface area contributed by atoms with Crippen molar-refractivity contribution in [3.63, 3.8) is 0 Å². The lowest BCUT2D eigenvalue weighted by atomic mass is 10.2. The standard InChI is InChI=1S/C15H13Cl2NO5S/c1-9-6-10(16)2-4-13(9)18-24(21,22)11-3-5-14(12(17)7-11)23-8-15(19)20/h2-7,18H,8H2,1H3,(H,19,20). The number of sulfonamides is 1. The summed E-state index contributed by atoms with van der Waals surface area (Å²) in [4.78, 5) is 10.4. The zero-order valence-corrected chi connectivity index (χ0v) is 14.7. The predicted molar refractivity (Wildman–Crippen MR) is 91.6 cm³/mol. The summed E-state index contributed by atoms with van der Waals surface area (Å²) in [5.74, 6) is -1.08. The molecule has 0 radical (unpaired) electrons. The van der Waals surface area contributed by atoms with E-state index in [9.17, 15) is 13.2 Å². The van der Waals surface area contributed by atoms with Gasteiger partial charge < -0.3 is 9.84 Å². The van der Waals surface area contributed by atoms with Gasteiger partial charge in [-0.15, -0.1) is 0 Å². The number of carbonyl (C=O) groups is 1. The zero-order valence-electron chi connectivity index (χ0n) is 12.4. The van der Waals surface area contributed by atoms with E-state index in [0.29, 0.717) is 16.3 Å². The highest BCUT2D eigenvalue weighted by atomic mass is 35.5. The molecule has 9 heteroatoms. The highest BCUT2D eigenvalue weighted by Gasteiger charge is 2.17. The molecular formula is C15H13Cl2NO5S. The third-order valence-electron chi connectivity index (χ3n) is 3.00. The summed E-state index contributed by atoms with van der Waals surface area (Å²) in [6.07, 6.45) is 0. The van der Waals surface area contributed by atoms with Gasteiger partial charge in [0, 0.05) is 5.02 Å². The van der Waals surface area contributed by atoms with Gasteiger partial charge in [0.15, 0.2) is 6.61 Å². The van der Waals surface area contributed by atoms with Crippen LogP contribution < -0.4 is 9.46 Å². The van der Waals surface area contributed by atoms with E-state index < -0.39 is 22.6 Å². The van der Waals surface area contributed by atoms with Crippen LogP contribution in [-0.2, 0) is 14.8 Å². The Hall–Kier alpha value is -1.96. The van der Waals surface area contributed by atoms with Crippen molar-refractivity contribution in [2.75, 3.05) is 11.3 Å². The Labute approximate surface area is 149 Å². The van der Waals surface area contributed by atoms with Crippen LogP contribution in [0.25, 0.3) is 0 Å². The number of halogens is 2. The molecule has 2 rings (SSSR count). The Kier molecular flexibility index (Phi) is 5.58. The van der Waals surface area contributed by atoms with E-state index in [4.69, 9.17) is 33.0 Å². The molecule has 0 spiro atoms. The van der Waals surface area contributed by atoms with Crippen molar-refractivity contribution >= 4 is 44.9 Å². The summed E-state index contributed by atoms with van der Waals surface area (Å²) < 4.78 is 32.3. The summed E-state index contributed by atoms with van der Waals surface area (Å²) >= 11 is 11.8. The zero-order chi connectivity index (χ0) is 17.9. The maximum absolute atomic E-state index is 12.4. The van der Waals surface area contributed by atoms with Gasteiger partial charge >= 0.3 is 5.97 Å². The molecule has 2 aromatic carbocycles. The van der Waals surface area contributed by atoms with Gasteiger partial charge in [-0.05, 0) is 48.9 Å². The van der Waals surface area contributed by atoms with E-state index in [1.54, 1.807) is 25.1 Å². The van der Waals surface area contributed by atoms with Crippen LogP contribution in [0.3, 0.4) is 0 Å². The summed E-state index contributed by atoms with van der Waals surface area (Å²) in [6.45, 7) is 1.15. The second-order valence-electron chi connectivity index (χ2n) is 4.84. The first-order valence-electron chi connectivity index (χ1n) is 6.62. The van der Waals surface area contributed by atoms with E-state index in [-0.39, 0.29) is 15.7 Å². The minimum Gasteiger partial charge on any atom is -0.480 e. The number of carboxylic acids is 1. The first-order chi connectivity index (χ1) is 11.2. The Bertz CT molecular complexity index is 883. The second-order valence-corrected chi connectivity index (χ2v) is 7.37. The number of aryl methyl sites for hydroxylation is 1. The van der Waals surface area contributed by atoms with Gasteiger partial charge in [-0.3, -0.25) is 4.72 Å². The lowest BCUT2D eigenvalue weighted by molar-refractivity contribution is -0.139. The molecule has 0 aliphatic heterocycles. The lowest BCUT2D eigenvalue weighted by Crippen LogP contribution is -2.14. The molecule has 0 bridgehead atoms. The maximum atomic E-state index is 12.4. The summed E-state index contributed by atoms with van der Waals surface area (Å²) in [5.41, 5.74) is 1.06. The van der Waals surface area contributed by atoms with E-state index in [1.165, 1.54) is 18.2 Å². The summed E-state index contributed by atoms with van der Waals surface area (Å²) in [5, 5.41) is 9.07. The van der Waals surface area contributed by atoms with Crippen molar-refractivity contribution in [2.24, 2.45) is 0 Å². The van der Waals surface area contributed by atoms with Crippen LogP contribution >= 0.6 is 23.2 Å². The third-order valence-corrected chi connectivity index (χ3v) is 4.89. The smallest absolute Gasteiger partial charge is 0.341 e. The Morgan fingerprint density at radius 2 is 1.92 bits per heavy atom. The van der Waals surface area contributed by atoms with Crippen LogP contribution in [-0.4, -0.2) is 26.1 Å². The number of carboxylic acid groups (broad SMARTS) is 1. The van der Waals surface area contributed by atoms with Gasteiger partial charge in [0.25, 0.3) is 10.0 Å². The van der Waals surface area contributed by atoms with Gasteiger partial charge in [0.1, 0.15) is 5.75 Å². The summed E-state index contributed by atoms with van der Waals surface area (Å²) in [6, 6.07) is 8.52. The number of nitrogens with one attached hydrogen (secondary N) is 1. The molecule has 0 fully saturated rings. The van der Waals surface area contributed by atoms with Crippen LogP contribution in [0.2, 0.25) is 10.0 Å². The van der Waals surface area contributed by atoms with Crippen molar-refractivity contribution in [1.29, 1.82) is 0 Å². The molecule has 0 aromatic heterocycles. The number of anilines is 1. The molecule has 2 aromatic rings. The second kappa shape index (κ2) is 7.29. The topological polar surface area (TPSA) is 92.7 Å². The van der Waals surface area contributed by atoms with Crippen LogP contribution in [0.15, 0.2) is 41.3 Å². The molecule has 0 aliphatic carbocycles. The Balaban J connectivity index is 2.26. The average Bonchev–Trinajstić information content (AvgIpc) is 2.48. The minimum absolute atomic E-state index is 0.00745. The lowest BCUT2D eigenvalue weighted by Gasteiger charge is -2.12. The number of hydrogen-bond acceptors (Lipinski definition) is 4. The fourth-order valence-corrected chi connectivity index (χ4v) is 3.53. The average molecular weight is 390 g/mol. The molecule has 2 N–H and O–H groups in total. The minimum atomic E-state index is -3.87. The monoisotopic (exact) mass is 389 g/mol. The van der Waals surface area contributed by atoms with Gasteiger partial charge in [-0.2, -0.15) is 0 Å². The maximum Gasteiger partial charge on any atom is 0.341 e. The SMILES string of the molecule is Cc1cc(Cl)ccc1NS(=O)(=O)c1ccc(OCC(=O)O)c(Cl)c1. The molecule has 6 nitrogen and oxygen atoms in total. The Morgan fingerprint density at radius 3 is 2.50 bits per heavy atom. The van der Waals surface area contributed by atoms with Gasteiger partial charge in [0.2, 0.25) is 0 Å². The third kappa shape index (κ3) is 4.53. The number of rotatable bonds is 6. The first-order valence-corrected chi connectivity index (χ1v) is 8.86. The number of hydrogen-bond donors (Lipinski definition) is 2. The van der Waals surface area contributed by atoms with Crippen molar-refractivity contribution in [1.82, 2.24) is 0 Å². The van der Waals surface area contributed by atoms with Crippen molar-refractivity contribution in [3.05, 3.63) is 52.0 Å². The molecule has 0 saturated heterocycles. The molecule has 0 unspecified atom stereocenters. The van der Waals surface area contributed by atoms with Crippen molar-refractivity contribution in [3.8, 4) is 5.75 Å². The van der Waals surface area contributed by atoms with E-state index in [1.807, 2.05) is 0 Å². The van der Waals surface area contributed by atoms with Crippen molar-refractivity contribution in [2.45, 2.75) is 11.8 Å². The molecule has 0 aliphatic rings. The molecule has 0 heterocycles. The predicted octanol–water partition coefficient (Wildman–Crippen LogP) is 3.57. The fraction of sp³-hybridized carbons (Fsp3) is 0.133. The molecular weight excluding hydrogens is 377 g/mol. The highest BCUT2D eigenvalue weighted by molar-refractivity contribution is 7.92. The number of ether oxygens (including phenoxy) is 1. The highest BCUT2D eigenvalue weighted by Crippen LogP contribution is 2.29. The Morgan fingerprint density at radius 1 is 1.21 bits per heavy atom. The normalized spacial score (nSPS) is 11.1. The van der Waals surface area contributed by atoms with Crippen LogP contribution in [0, 0.1) is 6.92 Å². The van der Waals surface area contributed by atoms with Crippen LogP contribution in [0.4, 0.5) is 5.69 Å². The quantitative estimate of drug-likeness (QED) is 0.787. The van der Waals surface area contributed by atoms with Gasteiger partial charge in [-0.1, -0.05) is 23.2 Å². The molecule has 128 valence electrons. The number of benzene rings is 2. The van der Waals surface area contributed by atoms with Crippen LogP contribution in [0.1, 0.15) is 5.56 Å². The van der Waals surface area contributed by atoms with E-state index in [0.717, 1.165) is 0 Å². The largest absolute Gasteiger partial charge is 0.480 e. The molecule has 0 amide bonds. The molecule has 24 heavy (non-hydrogen) atoms. The van der Waals surface area contributed by atoms with E-state index >= 15 is 0 Å². The summed E-state index contributed by atoms with van der Waals surface area (Å²) in [7, 11) is -3.87. The van der Waals surface area contributed by atoms with E-state index in [2.05, 4.69) is 4.72 Å². The van der Waals surface area contributed by atoms with Gasteiger partial charge in [0.05, 0.1) is 15.6 Å². The van der Waals surface area contributed by atoms with Crippen LogP contribution in [0.5, 0.6) is 5.75 Å². The number of aliphatic carboxylic acids is 1.